The molecule has 1 fully saturated rings. The third-order valence-electron chi connectivity index (χ3n) is 3.63. The minimum Gasteiger partial charge on any atom is -0.337 e. The first kappa shape index (κ1) is 13.7. The zero-order valence-corrected chi connectivity index (χ0v) is 11.5. The summed E-state index contributed by atoms with van der Waals surface area (Å²) in [4.78, 5) is 22.4. The predicted octanol–water partition coefficient (Wildman–Crippen LogP) is 1.41. The van der Waals surface area contributed by atoms with Gasteiger partial charge in [-0.3, -0.25) is 9.78 Å². The SMILES string of the molecule is CC1(C)CCCN(C(=O)c2cncc(NN)n2)CC1. The average Bonchev–Trinajstić information content (AvgIpc) is 2.59. The van der Waals surface area contributed by atoms with E-state index in [1.165, 1.54) is 12.4 Å². The van der Waals surface area contributed by atoms with Crippen LogP contribution in [0.4, 0.5) is 5.82 Å². The Bertz CT molecular complexity index is 460. The number of aromatic nitrogens is 2. The van der Waals surface area contributed by atoms with Crippen molar-refractivity contribution >= 4 is 11.7 Å². The number of hydrazine groups is 1. The van der Waals surface area contributed by atoms with Crippen LogP contribution >= 0.6 is 0 Å². The monoisotopic (exact) mass is 263 g/mol. The third-order valence-corrected chi connectivity index (χ3v) is 3.63. The van der Waals surface area contributed by atoms with Crippen LogP contribution in [-0.4, -0.2) is 33.9 Å². The van der Waals surface area contributed by atoms with Crippen molar-refractivity contribution < 1.29 is 4.79 Å². The van der Waals surface area contributed by atoms with Gasteiger partial charge >= 0.3 is 0 Å². The summed E-state index contributed by atoms with van der Waals surface area (Å²) >= 11 is 0. The lowest BCUT2D eigenvalue weighted by Crippen LogP contribution is -2.33. The summed E-state index contributed by atoms with van der Waals surface area (Å²) in [6, 6.07) is 0. The summed E-state index contributed by atoms with van der Waals surface area (Å²) in [5.74, 6) is 5.62. The Balaban J connectivity index is 2.10. The lowest BCUT2D eigenvalue weighted by Gasteiger charge is -2.23. The molecule has 0 saturated carbocycles. The van der Waals surface area contributed by atoms with Crippen LogP contribution in [0.25, 0.3) is 0 Å². The number of rotatable bonds is 2. The number of amides is 1. The Morgan fingerprint density at radius 3 is 2.89 bits per heavy atom. The molecule has 0 atom stereocenters. The summed E-state index contributed by atoms with van der Waals surface area (Å²) in [6.45, 7) is 6.05. The van der Waals surface area contributed by atoms with Gasteiger partial charge in [0.25, 0.3) is 5.91 Å². The third kappa shape index (κ3) is 3.41. The summed E-state index contributed by atoms with van der Waals surface area (Å²) in [6.07, 6.45) is 6.16. The van der Waals surface area contributed by atoms with Gasteiger partial charge in [-0.2, -0.15) is 0 Å². The number of nitrogens with zero attached hydrogens (tertiary/aromatic N) is 3. The van der Waals surface area contributed by atoms with Gasteiger partial charge < -0.3 is 10.3 Å². The maximum Gasteiger partial charge on any atom is 0.274 e. The number of hydrogen-bond donors (Lipinski definition) is 2. The highest BCUT2D eigenvalue weighted by Gasteiger charge is 2.26. The van der Waals surface area contributed by atoms with E-state index in [9.17, 15) is 4.79 Å². The van der Waals surface area contributed by atoms with Crippen LogP contribution in [0.2, 0.25) is 0 Å². The first-order chi connectivity index (χ1) is 9.02. The molecule has 0 spiro atoms. The van der Waals surface area contributed by atoms with Crippen LogP contribution < -0.4 is 11.3 Å². The van der Waals surface area contributed by atoms with E-state index in [4.69, 9.17) is 5.84 Å². The molecular weight excluding hydrogens is 242 g/mol. The molecule has 1 aliphatic heterocycles. The van der Waals surface area contributed by atoms with E-state index in [0.29, 0.717) is 16.9 Å². The van der Waals surface area contributed by atoms with Crippen molar-refractivity contribution in [2.24, 2.45) is 11.3 Å². The van der Waals surface area contributed by atoms with Crippen molar-refractivity contribution in [2.75, 3.05) is 18.5 Å². The Morgan fingerprint density at radius 2 is 2.16 bits per heavy atom. The number of nitrogens with one attached hydrogen (secondary N) is 1. The van der Waals surface area contributed by atoms with E-state index < -0.39 is 0 Å². The second-order valence-corrected chi connectivity index (χ2v) is 5.74. The number of likely N-dealkylation sites (tertiary alicyclic amines) is 1. The number of nitrogens with two attached hydrogens (primary N) is 1. The quantitative estimate of drug-likeness (QED) is 0.622. The highest BCUT2D eigenvalue weighted by Crippen LogP contribution is 2.30. The number of nitrogen functional groups attached to an aromatic ring is 1. The standard InChI is InChI=1S/C13H21N5O/c1-13(2)4-3-6-18(7-5-13)12(19)10-8-15-9-11(16-10)17-14/h8-9H,3-7,14H2,1-2H3,(H,16,17). The van der Waals surface area contributed by atoms with Crippen molar-refractivity contribution in [1.82, 2.24) is 14.9 Å². The summed E-state index contributed by atoms with van der Waals surface area (Å²) in [7, 11) is 0. The highest BCUT2D eigenvalue weighted by molar-refractivity contribution is 5.92. The van der Waals surface area contributed by atoms with E-state index in [2.05, 4.69) is 29.2 Å². The fourth-order valence-corrected chi connectivity index (χ4v) is 2.33. The molecule has 0 bridgehead atoms. The molecule has 0 aliphatic carbocycles. The maximum absolute atomic E-state index is 12.4. The lowest BCUT2D eigenvalue weighted by molar-refractivity contribution is 0.0751. The van der Waals surface area contributed by atoms with E-state index >= 15 is 0 Å². The van der Waals surface area contributed by atoms with E-state index in [0.717, 1.165) is 32.4 Å². The van der Waals surface area contributed by atoms with Crippen molar-refractivity contribution in [3.05, 3.63) is 18.1 Å². The molecular formula is C13H21N5O. The molecule has 1 saturated heterocycles. The fourth-order valence-electron chi connectivity index (χ4n) is 2.33. The number of carbonyl (C=O) groups excluding carboxylic acids is 1. The topological polar surface area (TPSA) is 84.1 Å². The molecule has 6 nitrogen and oxygen atoms in total. The predicted molar refractivity (Wildman–Crippen MR) is 73.4 cm³/mol. The molecule has 2 heterocycles. The Hall–Kier alpha value is -1.69. The van der Waals surface area contributed by atoms with E-state index in [1.807, 2.05) is 4.90 Å². The largest absolute Gasteiger partial charge is 0.337 e. The molecule has 1 aromatic heterocycles. The van der Waals surface area contributed by atoms with Crippen molar-refractivity contribution in [3.8, 4) is 0 Å². The first-order valence-electron chi connectivity index (χ1n) is 6.60. The van der Waals surface area contributed by atoms with Gasteiger partial charge in [0.15, 0.2) is 5.82 Å². The van der Waals surface area contributed by atoms with Gasteiger partial charge in [-0.25, -0.2) is 10.8 Å². The zero-order valence-electron chi connectivity index (χ0n) is 11.5. The Kier molecular flexibility index (Phi) is 3.99. The molecule has 2 rings (SSSR count). The minimum absolute atomic E-state index is 0.0673. The van der Waals surface area contributed by atoms with Gasteiger partial charge in [0, 0.05) is 13.1 Å². The molecule has 0 radical (unpaired) electrons. The molecule has 104 valence electrons. The lowest BCUT2D eigenvalue weighted by atomic mass is 9.85. The molecule has 19 heavy (non-hydrogen) atoms. The molecule has 0 unspecified atom stereocenters. The van der Waals surface area contributed by atoms with Crippen molar-refractivity contribution in [3.63, 3.8) is 0 Å². The van der Waals surface area contributed by atoms with Crippen LogP contribution in [0.1, 0.15) is 43.6 Å². The van der Waals surface area contributed by atoms with Gasteiger partial charge in [0.05, 0.1) is 12.4 Å². The van der Waals surface area contributed by atoms with Gasteiger partial charge in [-0.1, -0.05) is 13.8 Å². The molecule has 1 amide bonds. The number of anilines is 1. The van der Waals surface area contributed by atoms with Crippen LogP contribution in [0.15, 0.2) is 12.4 Å². The van der Waals surface area contributed by atoms with Crippen LogP contribution in [0.5, 0.6) is 0 Å². The van der Waals surface area contributed by atoms with E-state index in [-0.39, 0.29) is 5.91 Å². The van der Waals surface area contributed by atoms with Gasteiger partial charge in [0.2, 0.25) is 0 Å². The molecule has 6 heteroatoms. The molecule has 0 aromatic carbocycles. The maximum atomic E-state index is 12.4. The normalized spacial score (nSPS) is 18.8. The van der Waals surface area contributed by atoms with Crippen LogP contribution in [-0.2, 0) is 0 Å². The van der Waals surface area contributed by atoms with Crippen LogP contribution in [0.3, 0.4) is 0 Å². The van der Waals surface area contributed by atoms with Gasteiger partial charge in [0.1, 0.15) is 5.69 Å². The Morgan fingerprint density at radius 1 is 1.37 bits per heavy atom. The summed E-state index contributed by atoms with van der Waals surface area (Å²) in [5.41, 5.74) is 3.06. The first-order valence-corrected chi connectivity index (χ1v) is 6.60. The van der Waals surface area contributed by atoms with E-state index in [1.54, 1.807) is 0 Å². The molecule has 3 N–H and O–H groups in total. The Labute approximate surface area is 113 Å². The fraction of sp³-hybridized carbons (Fsp3) is 0.615. The molecule has 1 aliphatic rings. The van der Waals surface area contributed by atoms with Crippen LogP contribution in [0, 0.1) is 5.41 Å². The van der Waals surface area contributed by atoms with Crippen molar-refractivity contribution in [2.45, 2.75) is 33.1 Å². The number of carbonyl (C=O) groups is 1. The molecule has 1 aromatic rings. The zero-order chi connectivity index (χ0) is 13.9. The minimum atomic E-state index is -0.0673. The smallest absolute Gasteiger partial charge is 0.274 e. The average molecular weight is 263 g/mol. The number of hydrogen-bond acceptors (Lipinski definition) is 5. The van der Waals surface area contributed by atoms with Gasteiger partial charge in [-0.05, 0) is 24.7 Å². The highest BCUT2D eigenvalue weighted by atomic mass is 16.2. The summed E-state index contributed by atoms with van der Waals surface area (Å²) in [5, 5.41) is 0. The second kappa shape index (κ2) is 5.52. The van der Waals surface area contributed by atoms with Crippen molar-refractivity contribution in [1.29, 1.82) is 0 Å². The van der Waals surface area contributed by atoms with Gasteiger partial charge in [-0.15, -0.1) is 0 Å². The summed E-state index contributed by atoms with van der Waals surface area (Å²) < 4.78 is 0. The second-order valence-electron chi connectivity index (χ2n) is 5.74.